The number of aromatic nitrogens is 1. The van der Waals surface area contributed by atoms with Crippen LogP contribution in [0.4, 0.5) is 13.2 Å². The topological polar surface area (TPSA) is 75.8 Å². The highest BCUT2D eigenvalue weighted by molar-refractivity contribution is 8.02. The number of nitrogens with zero attached hydrogens (tertiary/aromatic N) is 1. The molecule has 29 heavy (non-hydrogen) atoms. The number of carboxylic acids is 1. The molecule has 0 aromatic carbocycles. The van der Waals surface area contributed by atoms with Crippen molar-refractivity contribution in [2.45, 2.75) is 24.5 Å². The molecule has 2 aromatic rings. The number of hydrogen-bond acceptors (Lipinski definition) is 4. The summed E-state index contributed by atoms with van der Waals surface area (Å²) in [5.41, 5.74) is 0.462. The molecule has 0 atom stereocenters. The standard InChI is InChI=1S/C19H18F3NO4S2/c1-4-14(29(3,26)27)6-5-9-28-18-12(2)15(10-17(24)25)16-8-7-13(11-23(16)18)19(20,21)22/h4-9,11H,1,10H2,2-3H3,(H,24,25)/b9-5+,14-6+. The second-order valence-corrected chi connectivity index (χ2v) is 9.05. The van der Waals surface area contributed by atoms with Crippen LogP contribution in [0.1, 0.15) is 16.7 Å². The van der Waals surface area contributed by atoms with E-state index in [1.165, 1.54) is 34.1 Å². The molecule has 0 bridgehead atoms. The van der Waals surface area contributed by atoms with Gasteiger partial charge in [-0.2, -0.15) is 13.2 Å². The van der Waals surface area contributed by atoms with Gasteiger partial charge in [0.1, 0.15) is 0 Å². The van der Waals surface area contributed by atoms with E-state index in [-0.39, 0.29) is 11.3 Å². The molecule has 0 radical (unpaired) electrons. The number of fused-ring (bicyclic) bond motifs is 1. The number of aliphatic carboxylic acids is 1. The first-order valence-corrected chi connectivity index (χ1v) is 10.9. The number of pyridine rings is 1. The van der Waals surface area contributed by atoms with Gasteiger partial charge in [-0.05, 0) is 41.7 Å². The summed E-state index contributed by atoms with van der Waals surface area (Å²) in [5.74, 6) is -1.10. The Morgan fingerprint density at radius 2 is 2.00 bits per heavy atom. The van der Waals surface area contributed by atoms with E-state index < -0.39 is 27.5 Å². The van der Waals surface area contributed by atoms with Crippen molar-refractivity contribution in [1.29, 1.82) is 0 Å². The van der Waals surface area contributed by atoms with Gasteiger partial charge in [0, 0.05) is 12.5 Å². The summed E-state index contributed by atoms with van der Waals surface area (Å²) in [6.07, 6.45) is 1.01. The van der Waals surface area contributed by atoms with Gasteiger partial charge in [0.05, 0.1) is 27.4 Å². The van der Waals surface area contributed by atoms with Gasteiger partial charge in [0.15, 0.2) is 9.84 Å². The maximum Gasteiger partial charge on any atom is 0.417 e. The Balaban J connectivity index is 2.54. The Hall–Kier alpha value is -2.46. The molecular formula is C19H18F3NO4S2. The predicted octanol–water partition coefficient (Wildman–Crippen LogP) is 4.61. The van der Waals surface area contributed by atoms with E-state index >= 15 is 0 Å². The quantitative estimate of drug-likeness (QED) is 0.497. The number of hydrogen-bond donors (Lipinski definition) is 1. The molecule has 0 aliphatic carbocycles. The molecule has 2 heterocycles. The highest BCUT2D eigenvalue weighted by Gasteiger charge is 2.31. The van der Waals surface area contributed by atoms with Gasteiger partial charge in [-0.15, -0.1) is 0 Å². The smallest absolute Gasteiger partial charge is 0.417 e. The molecule has 0 saturated carbocycles. The highest BCUT2D eigenvalue weighted by Crippen LogP contribution is 2.35. The van der Waals surface area contributed by atoms with Crippen molar-refractivity contribution in [3.05, 3.63) is 70.1 Å². The van der Waals surface area contributed by atoms with Crippen LogP contribution in [0.5, 0.6) is 0 Å². The molecular weight excluding hydrogens is 427 g/mol. The average Bonchev–Trinajstić information content (AvgIpc) is 2.84. The van der Waals surface area contributed by atoms with Crippen molar-refractivity contribution >= 4 is 33.1 Å². The lowest BCUT2D eigenvalue weighted by Gasteiger charge is -2.08. The van der Waals surface area contributed by atoms with Gasteiger partial charge in [0.25, 0.3) is 0 Å². The minimum absolute atomic E-state index is 0.00277. The third-order valence-electron chi connectivity index (χ3n) is 4.05. The number of carbonyl (C=O) groups is 1. The lowest BCUT2D eigenvalue weighted by atomic mass is 10.1. The number of allylic oxidation sites excluding steroid dienone is 3. The SMILES string of the molecule is C=C/C(=C\C=C\Sc1c(C)c(CC(=O)O)c2ccc(C(F)(F)F)cn12)S(C)(=O)=O. The Bertz CT molecular complexity index is 1130. The number of halogens is 3. The number of sulfone groups is 1. The van der Waals surface area contributed by atoms with E-state index in [0.717, 1.165) is 30.3 Å². The van der Waals surface area contributed by atoms with Gasteiger partial charge in [0.2, 0.25) is 0 Å². The monoisotopic (exact) mass is 445 g/mol. The Kier molecular flexibility index (Phi) is 6.69. The van der Waals surface area contributed by atoms with Gasteiger partial charge in [-0.25, -0.2) is 8.42 Å². The van der Waals surface area contributed by atoms with E-state index in [4.69, 9.17) is 5.11 Å². The highest BCUT2D eigenvalue weighted by atomic mass is 32.2. The second kappa shape index (κ2) is 8.50. The molecule has 1 N–H and O–H groups in total. The fourth-order valence-electron chi connectivity index (χ4n) is 2.68. The van der Waals surface area contributed by atoms with Crippen molar-refractivity contribution in [2.75, 3.05) is 6.26 Å². The van der Waals surface area contributed by atoms with Crippen molar-refractivity contribution in [3.8, 4) is 0 Å². The zero-order valence-corrected chi connectivity index (χ0v) is 17.2. The molecule has 156 valence electrons. The van der Waals surface area contributed by atoms with Gasteiger partial charge >= 0.3 is 12.1 Å². The summed E-state index contributed by atoms with van der Waals surface area (Å²) in [5, 5.41) is 11.1. The Morgan fingerprint density at radius 1 is 1.34 bits per heavy atom. The van der Waals surface area contributed by atoms with Crippen LogP contribution in [0.25, 0.3) is 5.52 Å². The Morgan fingerprint density at radius 3 is 2.52 bits per heavy atom. The fourth-order valence-corrected chi connectivity index (χ4v) is 4.16. The number of carboxylic acid groups (broad SMARTS) is 1. The number of alkyl halides is 3. The zero-order valence-electron chi connectivity index (χ0n) is 15.5. The minimum Gasteiger partial charge on any atom is -0.481 e. The summed E-state index contributed by atoms with van der Waals surface area (Å²) in [7, 11) is -3.45. The van der Waals surface area contributed by atoms with Crippen LogP contribution < -0.4 is 0 Å². The van der Waals surface area contributed by atoms with Crippen molar-refractivity contribution in [3.63, 3.8) is 0 Å². The van der Waals surface area contributed by atoms with Crippen molar-refractivity contribution < 1.29 is 31.5 Å². The first kappa shape index (κ1) is 22.8. The second-order valence-electron chi connectivity index (χ2n) is 6.14. The normalized spacial score (nSPS) is 13.3. The molecule has 0 unspecified atom stereocenters. The summed E-state index contributed by atoms with van der Waals surface area (Å²) < 4.78 is 63.7. The van der Waals surface area contributed by atoms with Crippen LogP contribution in [0.15, 0.2) is 58.5 Å². The van der Waals surface area contributed by atoms with Crippen LogP contribution >= 0.6 is 11.8 Å². The van der Waals surface area contributed by atoms with E-state index in [2.05, 4.69) is 6.58 Å². The van der Waals surface area contributed by atoms with E-state index in [1.54, 1.807) is 6.92 Å². The molecule has 0 amide bonds. The van der Waals surface area contributed by atoms with Crippen LogP contribution in [0.3, 0.4) is 0 Å². The van der Waals surface area contributed by atoms with Crippen LogP contribution in [0, 0.1) is 6.92 Å². The maximum absolute atomic E-state index is 13.1. The summed E-state index contributed by atoms with van der Waals surface area (Å²) in [4.78, 5) is 11.2. The van der Waals surface area contributed by atoms with Gasteiger partial charge in [-0.3, -0.25) is 4.79 Å². The number of rotatable bonds is 7. The summed E-state index contributed by atoms with van der Waals surface area (Å²) >= 11 is 1.06. The van der Waals surface area contributed by atoms with Gasteiger partial charge < -0.3 is 9.51 Å². The molecule has 0 aliphatic rings. The lowest BCUT2D eigenvalue weighted by Crippen LogP contribution is -2.06. The first-order valence-electron chi connectivity index (χ1n) is 8.14. The molecule has 10 heteroatoms. The minimum atomic E-state index is -4.55. The number of thioether (sulfide) groups is 1. The maximum atomic E-state index is 13.1. The molecule has 0 fully saturated rings. The van der Waals surface area contributed by atoms with Crippen LogP contribution in [-0.2, 0) is 27.2 Å². The molecule has 2 rings (SSSR count). The predicted molar refractivity (Wildman–Crippen MR) is 107 cm³/mol. The lowest BCUT2D eigenvalue weighted by molar-refractivity contribution is -0.138. The van der Waals surface area contributed by atoms with E-state index in [9.17, 15) is 26.4 Å². The fraction of sp³-hybridized carbons (Fsp3) is 0.211. The third-order valence-corrected chi connectivity index (χ3v) is 6.23. The van der Waals surface area contributed by atoms with E-state index in [0.29, 0.717) is 21.7 Å². The van der Waals surface area contributed by atoms with Gasteiger partial charge in [-0.1, -0.05) is 30.5 Å². The molecule has 2 aromatic heterocycles. The Labute approximate surface area is 170 Å². The molecule has 0 aliphatic heterocycles. The molecule has 0 saturated heterocycles. The average molecular weight is 445 g/mol. The molecule has 5 nitrogen and oxygen atoms in total. The zero-order chi connectivity index (χ0) is 22.0. The van der Waals surface area contributed by atoms with Crippen LogP contribution in [0.2, 0.25) is 0 Å². The summed E-state index contributed by atoms with van der Waals surface area (Å²) in [6, 6.07) is 2.16. The van der Waals surface area contributed by atoms with Crippen molar-refractivity contribution in [2.24, 2.45) is 0 Å². The van der Waals surface area contributed by atoms with Crippen LogP contribution in [-0.4, -0.2) is 30.2 Å². The largest absolute Gasteiger partial charge is 0.481 e. The van der Waals surface area contributed by atoms with Crippen molar-refractivity contribution in [1.82, 2.24) is 4.40 Å². The van der Waals surface area contributed by atoms with E-state index in [1.807, 2.05) is 0 Å². The summed E-state index contributed by atoms with van der Waals surface area (Å²) in [6.45, 7) is 5.06. The molecule has 0 spiro atoms. The third kappa shape index (κ3) is 5.33. The first-order chi connectivity index (χ1) is 13.4.